The molecule has 0 unspecified atom stereocenters. The maximum absolute atomic E-state index is 13.7. The molecule has 4 aromatic rings. The molecule has 0 saturated carbocycles. The van der Waals surface area contributed by atoms with Crippen LogP contribution < -0.4 is 0 Å². The third-order valence-electron chi connectivity index (χ3n) is 5.76. The molecule has 0 fully saturated rings. The van der Waals surface area contributed by atoms with Gasteiger partial charge in [0.05, 0.1) is 4.90 Å². The van der Waals surface area contributed by atoms with Gasteiger partial charge in [-0.1, -0.05) is 44.0 Å². The van der Waals surface area contributed by atoms with E-state index in [1.165, 1.54) is 34.5 Å². The Balaban J connectivity index is 0.000000240. The average Bonchev–Trinajstić information content (AvgIpc) is 3.05. The van der Waals surface area contributed by atoms with Gasteiger partial charge >= 0.3 is 0 Å². The topological polar surface area (TPSA) is 47.6 Å². The van der Waals surface area contributed by atoms with Crippen molar-refractivity contribution in [3.63, 3.8) is 0 Å². The number of hydrogen-bond donors (Lipinski definition) is 0. The summed E-state index contributed by atoms with van der Waals surface area (Å²) in [5.74, 6) is 14.2. The summed E-state index contributed by atoms with van der Waals surface area (Å²) >= 11 is 5.70. The lowest BCUT2D eigenvalue weighted by molar-refractivity contribution is 0.602. The van der Waals surface area contributed by atoms with Crippen LogP contribution in [0.25, 0.3) is 0 Å². The Morgan fingerprint density at radius 2 is 1.00 bits per heavy atom. The lowest BCUT2D eigenvalue weighted by Gasteiger charge is -2.00. The fraction of sp³-hybridized carbons (Fsp3) is 0.189. The molecule has 0 bridgehead atoms. The van der Waals surface area contributed by atoms with Crippen molar-refractivity contribution in [1.29, 1.82) is 10.5 Å². The molecule has 0 aliphatic carbocycles. The zero-order valence-corrected chi connectivity index (χ0v) is 27.9. The van der Waals surface area contributed by atoms with E-state index in [0.29, 0.717) is 10.5 Å². The number of hydrogen-bond acceptors (Lipinski definition) is 6. The highest BCUT2D eigenvalue weighted by Gasteiger charge is 2.03. The lowest BCUT2D eigenvalue weighted by atomic mass is 10.2. The molecule has 0 aliphatic rings. The minimum absolute atomic E-state index is 0.324. The number of nitrogens with zero attached hydrogens (tertiary/aromatic N) is 2. The highest BCUT2D eigenvalue weighted by atomic mass is 32.2. The molecule has 0 saturated heterocycles. The van der Waals surface area contributed by atoms with E-state index < -0.39 is 5.82 Å². The first kappa shape index (κ1) is 34.8. The largest absolute Gasteiger partial charge is 0.206 e. The van der Waals surface area contributed by atoms with Gasteiger partial charge in [0.25, 0.3) is 0 Å². The van der Waals surface area contributed by atoms with Crippen molar-refractivity contribution in [3.05, 3.63) is 119 Å². The highest BCUT2D eigenvalue weighted by molar-refractivity contribution is 8.04. The molecular formula is C37H31FN2S4. The minimum atomic E-state index is -0.412. The summed E-state index contributed by atoms with van der Waals surface area (Å²) in [6.45, 7) is 4.37. The smallest absolute Gasteiger partial charge is 0.139 e. The molecule has 0 aromatic heterocycles. The highest BCUT2D eigenvalue weighted by Crippen LogP contribution is 2.22. The van der Waals surface area contributed by atoms with E-state index in [1.807, 2.05) is 65.3 Å². The maximum atomic E-state index is 13.7. The van der Waals surface area contributed by atoms with Crippen molar-refractivity contribution in [2.75, 3.05) is 11.5 Å². The normalized spacial score (nSPS) is 9.66. The van der Waals surface area contributed by atoms with Crippen molar-refractivity contribution in [2.24, 2.45) is 0 Å². The van der Waals surface area contributed by atoms with Crippen LogP contribution in [0.3, 0.4) is 0 Å². The molecule has 0 spiro atoms. The van der Waals surface area contributed by atoms with Crippen molar-refractivity contribution in [2.45, 2.75) is 52.7 Å². The lowest BCUT2D eigenvalue weighted by Crippen LogP contribution is -1.83. The molecule has 2 nitrogen and oxygen atoms in total. The molecule has 0 N–H and O–H groups in total. The van der Waals surface area contributed by atoms with Crippen molar-refractivity contribution in [1.82, 2.24) is 0 Å². The van der Waals surface area contributed by atoms with E-state index in [4.69, 9.17) is 10.5 Å². The summed E-state index contributed by atoms with van der Waals surface area (Å²) in [5, 5.41) is 21.1. The third-order valence-corrected chi connectivity index (χ3v) is 9.31. The van der Waals surface area contributed by atoms with Crippen LogP contribution in [-0.4, -0.2) is 11.5 Å². The van der Waals surface area contributed by atoms with Gasteiger partial charge in [-0.3, -0.25) is 0 Å². The second kappa shape index (κ2) is 20.3. The van der Waals surface area contributed by atoms with Gasteiger partial charge in [0.1, 0.15) is 16.6 Å². The second-order valence-electron chi connectivity index (χ2n) is 9.16. The Morgan fingerprint density at radius 3 is 1.45 bits per heavy atom. The Hall–Kier alpha value is -3.69. The Kier molecular flexibility index (Phi) is 16.1. The Bertz CT molecular complexity index is 1680. The molecule has 4 rings (SSSR count). The van der Waals surface area contributed by atoms with Gasteiger partial charge in [0.15, 0.2) is 0 Å². The molecule has 0 heterocycles. The molecule has 0 amide bonds. The van der Waals surface area contributed by atoms with Crippen molar-refractivity contribution < 1.29 is 4.39 Å². The molecular weight excluding hydrogens is 620 g/mol. The molecule has 44 heavy (non-hydrogen) atoms. The monoisotopic (exact) mass is 650 g/mol. The average molecular weight is 651 g/mol. The van der Waals surface area contributed by atoms with E-state index in [2.05, 4.69) is 79.3 Å². The van der Waals surface area contributed by atoms with Crippen LogP contribution >= 0.6 is 47.0 Å². The van der Waals surface area contributed by atoms with Crippen LogP contribution in [0, 0.1) is 50.8 Å². The standard InChI is InChI=1S/C19H17NS2.C18H14FNS2/c1-2-3-14-21-18-10-6-16(7-11-18)4-5-17-8-12-19(13-9-17)22-15-20;1-2-11-21-16-8-5-14(6-9-16)3-4-15-7-10-18(22-13-20)17(19)12-15/h6-13H,2-3,14H2,1H3;5-10,12H,2,11H2,1H3. The first-order chi connectivity index (χ1) is 21.5. The van der Waals surface area contributed by atoms with Gasteiger partial charge in [0.2, 0.25) is 0 Å². The number of benzene rings is 4. The zero-order chi connectivity index (χ0) is 31.4. The SMILES string of the molecule is CCCCSc1ccc(C#Cc2ccc(SC#N)cc2)cc1.CCCSc1ccc(C#Cc2ccc(SC#N)c(F)c2)cc1. The van der Waals surface area contributed by atoms with Crippen molar-refractivity contribution in [3.8, 4) is 34.5 Å². The Morgan fingerprint density at radius 1 is 0.545 bits per heavy atom. The summed E-state index contributed by atoms with van der Waals surface area (Å²) in [6.07, 6.45) is 3.65. The van der Waals surface area contributed by atoms with Gasteiger partial charge < -0.3 is 0 Å². The quantitative estimate of drug-likeness (QED) is 0.0777. The van der Waals surface area contributed by atoms with Crippen LogP contribution in [0.2, 0.25) is 0 Å². The number of thioether (sulfide) groups is 4. The van der Waals surface area contributed by atoms with E-state index in [9.17, 15) is 4.39 Å². The number of unbranched alkanes of at least 4 members (excludes halogenated alkanes) is 1. The molecule has 0 aliphatic heterocycles. The van der Waals surface area contributed by atoms with E-state index >= 15 is 0 Å². The van der Waals surface area contributed by atoms with Gasteiger partial charge in [-0.25, -0.2) is 4.39 Å². The van der Waals surface area contributed by atoms with Crippen LogP contribution in [0.1, 0.15) is 55.4 Å². The zero-order valence-electron chi connectivity index (χ0n) is 24.6. The fourth-order valence-corrected chi connectivity index (χ4v) is 6.02. The molecule has 220 valence electrons. The Labute approximate surface area is 278 Å². The van der Waals surface area contributed by atoms with Crippen LogP contribution in [-0.2, 0) is 0 Å². The summed E-state index contributed by atoms with van der Waals surface area (Å²) in [7, 11) is 0. The number of rotatable bonds is 9. The van der Waals surface area contributed by atoms with Crippen LogP contribution in [0.5, 0.6) is 0 Å². The van der Waals surface area contributed by atoms with E-state index in [0.717, 1.165) is 57.3 Å². The number of nitriles is 2. The van der Waals surface area contributed by atoms with E-state index in [1.54, 1.807) is 12.1 Å². The fourth-order valence-electron chi connectivity index (χ4n) is 3.48. The van der Waals surface area contributed by atoms with Crippen LogP contribution in [0.4, 0.5) is 4.39 Å². The molecule has 0 radical (unpaired) electrons. The van der Waals surface area contributed by atoms with Gasteiger partial charge in [-0.15, -0.1) is 23.5 Å². The first-order valence-corrected chi connectivity index (χ1v) is 17.7. The van der Waals surface area contributed by atoms with Gasteiger partial charge in [-0.2, -0.15) is 10.5 Å². The van der Waals surface area contributed by atoms with Gasteiger partial charge in [-0.05, 0) is 139 Å². The molecule has 0 atom stereocenters. The number of thiocyanates is 2. The predicted molar refractivity (Wildman–Crippen MR) is 187 cm³/mol. The van der Waals surface area contributed by atoms with Crippen molar-refractivity contribution >= 4 is 47.0 Å². The third kappa shape index (κ3) is 12.9. The van der Waals surface area contributed by atoms with Crippen LogP contribution in [0.15, 0.2) is 111 Å². The molecule has 7 heteroatoms. The maximum Gasteiger partial charge on any atom is 0.139 e. The van der Waals surface area contributed by atoms with Gasteiger partial charge in [0, 0.05) is 36.9 Å². The molecule has 4 aromatic carbocycles. The summed E-state index contributed by atoms with van der Waals surface area (Å²) in [4.78, 5) is 3.81. The predicted octanol–water partition coefficient (Wildman–Crippen LogP) is 10.9. The summed E-state index contributed by atoms with van der Waals surface area (Å²) < 4.78 is 13.7. The first-order valence-electron chi connectivity index (χ1n) is 14.1. The minimum Gasteiger partial charge on any atom is -0.206 e. The summed E-state index contributed by atoms with van der Waals surface area (Å²) in [5.41, 5.74) is 3.49. The summed E-state index contributed by atoms with van der Waals surface area (Å²) in [6, 6.07) is 28.9. The second-order valence-corrected chi connectivity index (χ2v) is 13.2. The van der Waals surface area contributed by atoms with E-state index in [-0.39, 0.29) is 0 Å². The number of halogens is 1.